The van der Waals surface area contributed by atoms with Crippen molar-refractivity contribution < 1.29 is 9.47 Å². The molecule has 0 bridgehead atoms. The highest BCUT2D eigenvalue weighted by Crippen LogP contribution is 2.43. The first-order valence-corrected chi connectivity index (χ1v) is 9.13. The Morgan fingerprint density at radius 2 is 2.00 bits per heavy atom. The molecular weight excluding hydrogens is 396 g/mol. The molecule has 2 heterocycles. The van der Waals surface area contributed by atoms with E-state index in [4.69, 9.17) is 9.47 Å². The number of benzene rings is 2. The third-order valence-corrected chi connectivity index (χ3v) is 5.17. The zero-order valence-electron chi connectivity index (χ0n) is 14.5. The number of rotatable bonds is 4. The molecule has 134 valence electrons. The molecule has 2 aromatic carbocycles. The maximum absolute atomic E-state index is 5.66. The van der Waals surface area contributed by atoms with Crippen molar-refractivity contribution in [2.24, 2.45) is 0 Å². The molecule has 1 aromatic heterocycles. The molecule has 6 nitrogen and oxygen atoms in total. The molecule has 0 aliphatic carbocycles. The summed E-state index contributed by atoms with van der Waals surface area (Å²) in [6.45, 7) is 0. The Labute approximate surface area is 160 Å². The molecule has 0 saturated carbocycles. The first-order chi connectivity index (χ1) is 12.7. The van der Waals surface area contributed by atoms with Crippen LogP contribution < -0.4 is 14.8 Å². The molecule has 1 N–H and O–H groups in total. The van der Waals surface area contributed by atoms with Crippen molar-refractivity contribution in [1.82, 2.24) is 14.8 Å². The zero-order chi connectivity index (χ0) is 18.1. The third kappa shape index (κ3) is 2.92. The van der Waals surface area contributed by atoms with Crippen LogP contribution in [0.15, 0.2) is 53.3 Å². The van der Waals surface area contributed by atoms with Gasteiger partial charge in [0.15, 0.2) is 11.5 Å². The smallest absolute Gasteiger partial charge is 0.222 e. The molecule has 0 amide bonds. The van der Waals surface area contributed by atoms with E-state index in [9.17, 15) is 0 Å². The van der Waals surface area contributed by atoms with Crippen LogP contribution in [0.2, 0.25) is 0 Å². The number of nitrogens with one attached hydrogen (secondary N) is 1. The number of anilines is 1. The summed E-state index contributed by atoms with van der Waals surface area (Å²) in [5.41, 5.74) is 2.22. The maximum Gasteiger partial charge on any atom is 0.222 e. The average molecular weight is 415 g/mol. The summed E-state index contributed by atoms with van der Waals surface area (Å²) >= 11 is 3.56. The van der Waals surface area contributed by atoms with Gasteiger partial charge in [-0.25, -0.2) is 4.68 Å². The van der Waals surface area contributed by atoms with E-state index in [1.165, 1.54) is 5.56 Å². The van der Waals surface area contributed by atoms with E-state index in [1.54, 1.807) is 20.5 Å². The molecule has 0 radical (unpaired) electrons. The quantitative estimate of drug-likeness (QED) is 0.692. The van der Waals surface area contributed by atoms with Gasteiger partial charge in [-0.1, -0.05) is 40.2 Å². The number of hydrogen-bond donors (Lipinski definition) is 1. The van der Waals surface area contributed by atoms with Crippen molar-refractivity contribution in [1.29, 1.82) is 0 Å². The topological polar surface area (TPSA) is 61.2 Å². The van der Waals surface area contributed by atoms with Gasteiger partial charge in [0.1, 0.15) is 6.33 Å². The van der Waals surface area contributed by atoms with E-state index in [0.29, 0.717) is 5.75 Å². The molecule has 3 aromatic rings. The number of methoxy groups -OCH3 is 2. The van der Waals surface area contributed by atoms with E-state index in [-0.39, 0.29) is 12.1 Å². The van der Waals surface area contributed by atoms with Gasteiger partial charge in [-0.05, 0) is 30.2 Å². The van der Waals surface area contributed by atoms with Crippen LogP contribution in [0.25, 0.3) is 0 Å². The number of nitrogens with zero attached hydrogens (tertiary/aromatic N) is 3. The lowest BCUT2D eigenvalue weighted by molar-refractivity contribution is 0.340. The summed E-state index contributed by atoms with van der Waals surface area (Å²) in [7, 11) is 3.31. The van der Waals surface area contributed by atoms with E-state index in [2.05, 4.69) is 49.5 Å². The lowest BCUT2D eigenvalue weighted by atomic mass is 9.92. The molecule has 0 spiro atoms. The highest BCUT2D eigenvalue weighted by atomic mass is 79.9. The van der Waals surface area contributed by atoms with Crippen molar-refractivity contribution in [3.05, 3.63) is 64.4 Å². The fraction of sp³-hybridized carbons (Fsp3) is 0.263. The molecule has 0 fully saturated rings. The molecule has 1 aliphatic rings. The normalized spacial score (nSPS) is 18.7. The minimum absolute atomic E-state index is 0.0113. The molecular formula is C19H19BrN4O2. The molecule has 0 saturated heterocycles. The summed E-state index contributed by atoms with van der Waals surface area (Å²) in [5, 5.41) is 7.91. The monoisotopic (exact) mass is 414 g/mol. The second-order valence-corrected chi connectivity index (χ2v) is 7.03. The fourth-order valence-corrected chi connectivity index (χ4v) is 3.91. The Morgan fingerprint density at radius 3 is 2.77 bits per heavy atom. The molecule has 0 unspecified atom stereocenters. The van der Waals surface area contributed by atoms with Gasteiger partial charge in [0.25, 0.3) is 0 Å². The summed E-state index contributed by atoms with van der Waals surface area (Å²) < 4.78 is 14.1. The summed E-state index contributed by atoms with van der Waals surface area (Å²) in [6, 6.07) is 14.4. The molecule has 4 rings (SSSR count). The molecule has 26 heavy (non-hydrogen) atoms. The first kappa shape index (κ1) is 16.9. The highest BCUT2D eigenvalue weighted by Gasteiger charge is 2.32. The van der Waals surface area contributed by atoms with Crippen LogP contribution in [-0.4, -0.2) is 29.0 Å². The van der Waals surface area contributed by atoms with Gasteiger partial charge in [0.05, 0.1) is 26.3 Å². The Hall–Kier alpha value is -2.54. The van der Waals surface area contributed by atoms with Crippen LogP contribution in [0, 0.1) is 0 Å². The van der Waals surface area contributed by atoms with E-state index >= 15 is 0 Å². The van der Waals surface area contributed by atoms with Gasteiger partial charge in [-0.15, -0.1) is 0 Å². The second kappa shape index (κ2) is 6.99. The summed E-state index contributed by atoms with van der Waals surface area (Å²) in [5.74, 6) is 2.19. The second-order valence-electron chi connectivity index (χ2n) is 6.11. The van der Waals surface area contributed by atoms with Crippen LogP contribution in [0.4, 0.5) is 5.95 Å². The first-order valence-electron chi connectivity index (χ1n) is 8.33. The Bertz CT molecular complexity index is 927. The number of aromatic nitrogens is 3. The van der Waals surface area contributed by atoms with E-state index in [0.717, 1.165) is 28.2 Å². The fourth-order valence-electron chi connectivity index (χ4n) is 3.50. The lowest BCUT2D eigenvalue weighted by Gasteiger charge is -2.32. The standard InChI is InChI=1S/C19H19BrN4O2/c1-25-17-8-4-7-14(18(17)26-2)16-10-15(12-5-3-6-13(20)9-12)23-19-21-11-22-24(16)19/h3-9,11,15-16H,10H2,1-2H3,(H,21,22,23)/t15-,16+/m1/s1. The van der Waals surface area contributed by atoms with Gasteiger partial charge in [-0.3, -0.25) is 0 Å². The number of halogens is 1. The predicted molar refractivity (Wildman–Crippen MR) is 103 cm³/mol. The van der Waals surface area contributed by atoms with Crippen molar-refractivity contribution >= 4 is 21.9 Å². The lowest BCUT2D eigenvalue weighted by Crippen LogP contribution is -2.28. The van der Waals surface area contributed by atoms with E-state index in [1.807, 2.05) is 28.9 Å². The third-order valence-electron chi connectivity index (χ3n) is 4.67. The summed E-state index contributed by atoms with van der Waals surface area (Å²) in [4.78, 5) is 4.39. The van der Waals surface area contributed by atoms with Crippen molar-refractivity contribution in [2.45, 2.75) is 18.5 Å². The van der Waals surface area contributed by atoms with Crippen LogP contribution in [-0.2, 0) is 0 Å². The van der Waals surface area contributed by atoms with Crippen LogP contribution in [0.3, 0.4) is 0 Å². The molecule has 1 aliphatic heterocycles. The van der Waals surface area contributed by atoms with Crippen molar-refractivity contribution in [3.8, 4) is 11.5 Å². The Morgan fingerprint density at radius 1 is 1.15 bits per heavy atom. The van der Waals surface area contributed by atoms with Crippen LogP contribution >= 0.6 is 15.9 Å². The average Bonchev–Trinajstić information content (AvgIpc) is 3.15. The van der Waals surface area contributed by atoms with Crippen molar-refractivity contribution in [2.75, 3.05) is 19.5 Å². The molecule has 2 atom stereocenters. The highest BCUT2D eigenvalue weighted by molar-refractivity contribution is 9.10. The van der Waals surface area contributed by atoms with Gasteiger partial charge in [0.2, 0.25) is 5.95 Å². The number of ether oxygens (including phenoxy) is 2. The maximum atomic E-state index is 5.66. The predicted octanol–water partition coefficient (Wildman–Crippen LogP) is 4.20. The Kier molecular flexibility index (Phi) is 4.55. The van der Waals surface area contributed by atoms with Gasteiger partial charge in [-0.2, -0.15) is 10.1 Å². The van der Waals surface area contributed by atoms with E-state index < -0.39 is 0 Å². The SMILES string of the molecule is COc1cccc([C@@H]2C[C@H](c3cccc(Br)c3)Nc3ncnn32)c1OC. The van der Waals surface area contributed by atoms with Gasteiger partial charge < -0.3 is 14.8 Å². The number of para-hydroxylation sites is 1. The van der Waals surface area contributed by atoms with Crippen LogP contribution in [0.5, 0.6) is 11.5 Å². The number of hydrogen-bond acceptors (Lipinski definition) is 5. The molecule has 7 heteroatoms. The minimum atomic E-state index is -0.0113. The van der Waals surface area contributed by atoms with Gasteiger partial charge in [0, 0.05) is 10.0 Å². The van der Waals surface area contributed by atoms with Crippen LogP contribution in [0.1, 0.15) is 29.6 Å². The zero-order valence-corrected chi connectivity index (χ0v) is 16.1. The number of fused-ring (bicyclic) bond motifs is 1. The van der Waals surface area contributed by atoms with Crippen molar-refractivity contribution in [3.63, 3.8) is 0 Å². The summed E-state index contributed by atoms with van der Waals surface area (Å²) in [6.07, 6.45) is 2.39. The minimum Gasteiger partial charge on any atom is -0.493 e. The van der Waals surface area contributed by atoms with Gasteiger partial charge >= 0.3 is 0 Å². The largest absolute Gasteiger partial charge is 0.493 e. The Balaban J connectivity index is 1.79.